The van der Waals surface area contributed by atoms with Crippen LogP contribution in [0.4, 0.5) is 0 Å². The highest BCUT2D eigenvalue weighted by atomic mass is 15.2. The van der Waals surface area contributed by atoms with E-state index in [1.807, 2.05) is 6.92 Å². The summed E-state index contributed by atoms with van der Waals surface area (Å²) in [6.07, 6.45) is 3.89. The molecule has 4 heteroatoms. The summed E-state index contributed by atoms with van der Waals surface area (Å²) in [5, 5.41) is 15.8. The zero-order valence-electron chi connectivity index (χ0n) is 5.73. The van der Waals surface area contributed by atoms with E-state index in [-0.39, 0.29) is 6.04 Å². The maximum atomic E-state index is 8.57. The summed E-state index contributed by atoms with van der Waals surface area (Å²) in [4.78, 5) is 0. The normalized spacial score (nSPS) is 12.4. The molecule has 1 aromatic rings. The molecule has 0 spiro atoms. The first kappa shape index (κ1) is 6.75. The second-order valence-corrected chi connectivity index (χ2v) is 1.96. The molecular formula is C6H8N4. The molecule has 1 heterocycles. The summed E-state index contributed by atoms with van der Waals surface area (Å²) in [6, 6.07) is 2.02. The first-order valence-corrected chi connectivity index (χ1v) is 3.12. The number of nitrogens with zero attached hydrogens (tertiary/aromatic N) is 4. The third-order valence-electron chi connectivity index (χ3n) is 1.33. The molecule has 1 unspecified atom stereocenters. The summed E-state index contributed by atoms with van der Waals surface area (Å²) >= 11 is 0. The van der Waals surface area contributed by atoms with E-state index < -0.39 is 0 Å². The van der Waals surface area contributed by atoms with E-state index in [4.69, 9.17) is 5.26 Å². The van der Waals surface area contributed by atoms with Crippen molar-refractivity contribution in [2.24, 2.45) is 0 Å². The van der Waals surface area contributed by atoms with Gasteiger partial charge in [-0.25, -0.2) is 0 Å². The lowest BCUT2D eigenvalue weighted by molar-refractivity contribution is 0.595. The second kappa shape index (κ2) is 2.97. The number of nitriles is 1. The zero-order chi connectivity index (χ0) is 7.40. The number of hydrogen-bond acceptors (Lipinski definition) is 3. The molecule has 0 aromatic carbocycles. The van der Waals surface area contributed by atoms with E-state index in [1.54, 1.807) is 17.2 Å². The second-order valence-electron chi connectivity index (χ2n) is 1.96. The summed E-state index contributed by atoms with van der Waals surface area (Å²) < 4.78 is 1.69. The standard InChI is InChI=1S/C6H8N4/c1-2-6(3-7)10-4-8-9-5-10/h4-6H,2H2,1H3. The fourth-order valence-electron chi connectivity index (χ4n) is 0.738. The van der Waals surface area contributed by atoms with Crippen LogP contribution in [0.25, 0.3) is 0 Å². The van der Waals surface area contributed by atoms with Gasteiger partial charge < -0.3 is 4.57 Å². The van der Waals surface area contributed by atoms with Gasteiger partial charge in [-0.3, -0.25) is 0 Å². The lowest BCUT2D eigenvalue weighted by Crippen LogP contribution is -2.01. The molecule has 0 aliphatic carbocycles. The van der Waals surface area contributed by atoms with Gasteiger partial charge in [0.25, 0.3) is 0 Å². The molecule has 1 rings (SSSR count). The molecule has 0 fully saturated rings. The Hall–Kier alpha value is -1.37. The van der Waals surface area contributed by atoms with Crippen LogP contribution in [-0.4, -0.2) is 14.8 Å². The van der Waals surface area contributed by atoms with Crippen LogP contribution in [-0.2, 0) is 0 Å². The Morgan fingerprint density at radius 3 is 2.60 bits per heavy atom. The molecule has 0 bridgehead atoms. The molecular weight excluding hydrogens is 128 g/mol. The van der Waals surface area contributed by atoms with Crippen molar-refractivity contribution >= 4 is 0 Å². The fourth-order valence-corrected chi connectivity index (χ4v) is 0.738. The third-order valence-corrected chi connectivity index (χ3v) is 1.33. The molecule has 1 aromatic heterocycles. The Labute approximate surface area is 59.1 Å². The maximum Gasteiger partial charge on any atom is 0.123 e. The van der Waals surface area contributed by atoms with Crippen molar-refractivity contribution in [2.45, 2.75) is 19.4 Å². The first-order valence-electron chi connectivity index (χ1n) is 3.12. The van der Waals surface area contributed by atoms with E-state index >= 15 is 0 Å². The van der Waals surface area contributed by atoms with E-state index in [9.17, 15) is 0 Å². The summed E-state index contributed by atoms with van der Waals surface area (Å²) in [7, 11) is 0. The zero-order valence-corrected chi connectivity index (χ0v) is 5.73. The fraction of sp³-hybridized carbons (Fsp3) is 0.500. The van der Waals surface area contributed by atoms with E-state index in [2.05, 4.69) is 16.3 Å². The van der Waals surface area contributed by atoms with Crippen molar-refractivity contribution in [2.75, 3.05) is 0 Å². The quantitative estimate of drug-likeness (QED) is 0.602. The Morgan fingerprint density at radius 1 is 1.60 bits per heavy atom. The molecule has 0 amide bonds. The molecule has 10 heavy (non-hydrogen) atoms. The minimum Gasteiger partial charge on any atom is -0.303 e. The van der Waals surface area contributed by atoms with Gasteiger partial charge in [-0.1, -0.05) is 6.92 Å². The smallest absolute Gasteiger partial charge is 0.123 e. The van der Waals surface area contributed by atoms with Gasteiger partial charge in [-0.05, 0) is 6.42 Å². The number of rotatable bonds is 2. The average Bonchev–Trinajstić information content (AvgIpc) is 2.43. The summed E-state index contributed by atoms with van der Waals surface area (Å²) in [5.74, 6) is 0. The predicted octanol–water partition coefficient (Wildman–Crippen LogP) is 0.753. The molecule has 0 N–H and O–H groups in total. The van der Waals surface area contributed by atoms with Crippen LogP contribution < -0.4 is 0 Å². The van der Waals surface area contributed by atoms with Crippen LogP contribution in [0.2, 0.25) is 0 Å². The maximum absolute atomic E-state index is 8.57. The van der Waals surface area contributed by atoms with Crippen molar-refractivity contribution in [3.05, 3.63) is 12.7 Å². The molecule has 0 saturated carbocycles. The molecule has 0 aliphatic heterocycles. The predicted molar refractivity (Wildman–Crippen MR) is 35.0 cm³/mol. The van der Waals surface area contributed by atoms with Crippen molar-refractivity contribution < 1.29 is 0 Å². The molecule has 52 valence electrons. The SMILES string of the molecule is CCC(C#N)n1cnnc1. The first-order chi connectivity index (χ1) is 4.88. The van der Waals surface area contributed by atoms with Gasteiger partial charge in [-0.2, -0.15) is 5.26 Å². The Balaban J connectivity index is 2.76. The molecule has 4 nitrogen and oxygen atoms in total. The van der Waals surface area contributed by atoms with E-state index in [1.165, 1.54) is 0 Å². The highest BCUT2D eigenvalue weighted by Crippen LogP contribution is 2.06. The molecule has 1 atom stereocenters. The topological polar surface area (TPSA) is 54.5 Å². The van der Waals surface area contributed by atoms with Crippen molar-refractivity contribution in [3.8, 4) is 6.07 Å². The lowest BCUT2D eigenvalue weighted by atomic mass is 10.2. The Bertz CT molecular complexity index is 220. The molecule has 0 radical (unpaired) electrons. The van der Waals surface area contributed by atoms with Gasteiger partial charge in [0.15, 0.2) is 0 Å². The van der Waals surface area contributed by atoms with Gasteiger partial charge >= 0.3 is 0 Å². The highest BCUT2D eigenvalue weighted by Gasteiger charge is 2.04. The van der Waals surface area contributed by atoms with E-state index in [0.29, 0.717) is 0 Å². The van der Waals surface area contributed by atoms with Crippen LogP contribution >= 0.6 is 0 Å². The van der Waals surface area contributed by atoms with Gasteiger partial charge in [0, 0.05) is 0 Å². The van der Waals surface area contributed by atoms with Gasteiger partial charge in [0.2, 0.25) is 0 Å². The highest BCUT2D eigenvalue weighted by molar-refractivity contribution is 4.88. The lowest BCUT2D eigenvalue weighted by Gasteiger charge is -2.03. The third kappa shape index (κ3) is 1.13. The number of aromatic nitrogens is 3. The van der Waals surface area contributed by atoms with Crippen LogP contribution in [0.3, 0.4) is 0 Å². The molecule has 0 aliphatic rings. The minimum absolute atomic E-state index is 0.116. The Kier molecular flexibility index (Phi) is 2.00. The van der Waals surface area contributed by atoms with Crippen molar-refractivity contribution in [3.63, 3.8) is 0 Å². The summed E-state index contributed by atoms with van der Waals surface area (Å²) in [5.41, 5.74) is 0. The van der Waals surface area contributed by atoms with Crippen LogP contribution in [0.1, 0.15) is 19.4 Å². The minimum atomic E-state index is -0.116. The van der Waals surface area contributed by atoms with Gasteiger partial charge in [0.1, 0.15) is 18.7 Å². The number of hydrogen-bond donors (Lipinski definition) is 0. The van der Waals surface area contributed by atoms with Gasteiger partial charge in [-0.15, -0.1) is 10.2 Å². The Morgan fingerprint density at radius 2 is 2.20 bits per heavy atom. The molecule has 0 saturated heterocycles. The van der Waals surface area contributed by atoms with E-state index in [0.717, 1.165) is 6.42 Å². The van der Waals surface area contributed by atoms with Crippen molar-refractivity contribution in [1.29, 1.82) is 5.26 Å². The van der Waals surface area contributed by atoms with Crippen LogP contribution in [0, 0.1) is 11.3 Å². The van der Waals surface area contributed by atoms with Crippen LogP contribution in [0.5, 0.6) is 0 Å². The monoisotopic (exact) mass is 136 g/mol. The van der Waals surface area contributed by atoms with Gasteiger partial charge in [0.05, 0.1) is 6.07 Å². The van der Waals surface area contributed by atoms with Crippen molar-refractivity contribution in [1.82, 2.24) is 14.8 Å². The van der Waals surface area contributed by atoms with Crippen LogP contribution in [0.15, 0.2) is 12.7 Å². The largest absolute Gasteiger partial charge is 0.303 e. The average molecular weight is 136 g/mol. The summed E-state index contributed by atoms with van der Waals surface area (Å²) in [6.45, 7) is 1.95.